The van der Waals surface area contributed by atoms with E-state index < -0.39 is 57.2 Å². The summed E-state index contributed by atoms with van der Waals surface area (Å²) in [5.74, 6) is -0.822. The lowest BCUT2D eigenvalue weighted by atomic mass is 9.63. The zero-order chi connectivity index (χ0) is 61.1. The Balaban J connectivity index is 1.07. The van der Waals surface area contributed by atoms with E-state index in [9.17, 15) is 28.8 Å². The molecule has 1 atom stereocenters. The number of hydrogen-bond donors (Lipinski definition) is 0. The molecule has 0 aliphatic rings. The second-order valence-corrected chi connectivity index (χ2v) is 22.9. The van der Waals surface area contributed by atoms with Gasteiger partial charge in [-0.25, -0.2) is 19.2 Å². The Bertz CT molecular complexity index is 3020. The first kappa shape index (κ1) is 66.2. The molecule has 0 bridgehead atoms. The molecule has 0 spiro atoms. The molecule has 2 heterocycles. The van der Waals surface area contributed by atoms with Crippen molar-refractivity contribution in [2.24, 2.45) is 11.3 Å². The molecule has 454 valence electrons. The van der Waals surface area contributed by atoms with Crippen LogP contribution in [0.3, 0.4) is 0 Å². The van der Waals surface area contributed by atoms with Gasteiger partial charge in [0.15, 0.2) is 24.8 Å². The maximum absolute atomic E-state index is 13.6. The highest BCUT2D eigenvalue weighted by Gasteiger charge is 2.46. The highest BCUT2D eigenvalue weighted by atomic mass is 16.6. The number of rotatable bonds is 36. The Hall–Kier alpha value is -6.90. The minimum atomic E-state index is -0.790. The highest BCUT2D eigenvalue weighted by Crippen LogP contribution is 2.50. The minimum Gasteiger partial charge on any atom is -0.482 e. The van der Waals surface area contributed by atoms with E-state index in [1.807, 2.05) is 27.7 Å². The van der Waals surface area contributed by atoms with Gasteiger partial charge in [-0.1, -0.05) is 150 Å². The first-order valence-corrected chi connectivity index (χ1v) is 30.6. The molecule has 0 unspecified atom stereocenters. The quantitative estimate of drug-likeness (QED) is 0.0206. The summed E-state index contributed by atoms with van der Waals surface area (Å²) in [5, 5.41) is 1.08. The first-order chi connectivity index (χ1) is 40.3. The predicted molar refractivity (Wildman–Crippen MR) is 328 cm³/mol. The topological polar surface area (TPSA) is 184 Å². The zero-order valence-electron chi connectivity index (χ0n) is 51.6. The van der Waals surface area contributed by atoms with Crippen molar-refractivity contribution in [1.29, 1.82) is 0 Å². The largest absolute Gasteiger partial charge is 0.482 e. The number of carbonyl (C=O) groups excluding carboxylic acids is 4. The van der Waals surface area contributed by atoms with Crippen molar-refractivity contribution in [3.05, 3.63) is 152 Å². The molecule has 6 rings (SSSR count). The third kappa shape index (κ3) is 16.7. The Morgan fingerprint density at radius 2 is 0.833 bits per heavy atom. The Morgan fingerprint density at radius 1 is 0.464 bits per heavy atom. The lowest BCUT2D eigenvalue weighted by molar-refractivity contribution is -0.170. The van der Waals surface area contributed by atoms with Crippen molar-refractivity contribution in [2.75, 3.05) is 26.4 Å². The summed E-state index contributed by atoms with van der Waals surface area (Å²) in [7, 11) is 0. The van der Waals surface area contributed by atoms with Crippen LogP contribution in [0.4, 0.5) is 0 Å². The van der Waals surface area contributed by atoms with E-state index in [0.29, 0.717) is 91.1 Å². The maximum atomic E-state index is 13.6. The summed E-state index contributed by atoms with van der Waals surface area (Å²) < 4.78 is 49.6. The monoisotopic (exact) mass is 1150 g/mol. The fraction of sp³-hybridized carbons (Fsp3) is 0.514. The summed E-state index contributed by atoms with van der Waals surface area (Å²) >= 11 is 0. The van der Waals surface area contributed by atoms with Crippen LogP contribution < -0.4 is 20.7 Å². The Morgan fingerprint density at radius 3 is 1.17 bits per heavy atom. The van der Waals surface area contributed by atoms with Gasteiger partial charge in [-0.15, -0.1) is 0 Å². The number of carbonyl (C=O) groups is 4. The van der Waals surface area contributed by atoms with E-state index in [4.69, 9.17) is 37.3 Å². The average molecular weight is 1160 g/mol. The van der Waals surface area contributed by atoms with Crippen molar-refractivity contribution in [2.45, 2.75) is 195 Å². The summed E-state index contributed by atoms with van der Waals surface area (Å²) in [4.78, 5) is 79.1. The van der Waals surface area contributed by atoms with Crippen LogP contribution in [0, 0.1) is 11.3 Å². The zero-order valence-corrected chi connectivity index (χ0v) is 51.6. The average Bonchev–Trinajstić information content (AvgIpc) is 2.96. The lowest BCUT2D eigenvalue weighted by Gasteiger charge is -2.49. The molecule has 2 aromatic heterocycles. The molecule has 84 heavy (non-hydrogen) atoms. The maximum Gasteiger partial charge on any atom is 0.347 e. The summed E-state index contributed by atoms with van der Waals surface area (Å²) in [6, 6.07) is 29.9. The van der Waals surface area contributed by atoms with Crippen molar-refractivity contribution in [3.8, 4) is 11.5 Å². The molecule has 0 saturated heterocycles. The first-order valence-electron chi connectivity index (χ1n) is 30.6. The van der Waals surface area contributed by atoms with Crippen LogP contribution in [-0.2, 0) is 28.5 Å². The van der Waals surface area contributed by atoms with Crippen LogP contribution in [0.2, 0.25) is 0 Å². The van der Waals surface area contributed by atoms with Crippen LogP contribution >= 0.6 is 0 Å². The van der Waals surface area contributed by atoms with Crippen LogP contribution in [0.15, 0.2) is 128 Å². The molecular formula is C70H90O14. The number of benzene rings is 4. The van der Waals surface area contributed by atoms with Gasteiger partial charge in [-0.05, 0) is 118 Å². The summed E-state index contributed by atoms with van der Waals surface area (Å²) in [6.07, 6.45) is 11.1. The van der Waals surface area contributed by atoms with Crippen LogP contribution in [0.5, 0.6) is 11.5 Å². The van der Waals surface area contributed by atoms with Crippen LogP contribution in [0.1, 0.15) is 204 Å². The van der Waals surface area contributed by atoms with Gasteiger partial charge in [0.25, 0.3) is 0 Å². The normalized spacial score (nSPS) is 12.8. The molecule has 0 aliphatic carbocycles. The van der Waals surface area contributed by atoms with Crippen LogP contribution in [0.25, 0.3) is 21.9 Å². The second kappa shape index (κ2) is 30.3. The third-order valence-electron chi connectivity index (χ3n) is 18.1. The van der Waals surface area contributed by atoms with Gasteiger partial charge in [0.05, 0.1) is 24.4 Å². The fourth-order valence-corrected chi connectivity index (χ4v) is 11.9. The van der Waals surface area contributed by atoms with Gasteiger partial charge in [0.2, 0.25) is 0 Å². The van der Waals surface area contributed by atoms with Gasteiger partial charge in [-0.2, -0.15) is 0 Å². The predicted octanol–water partition coefficient (Wildman–Crippen LogP) is 15.6. The number of ketones is 2. The Kier molecular flexibility index (Phi) is 23.9. The van der Waals surface area contributed by atoms with Crippen molar-refractivity contribution < 1.29 is 56.4 Å². The smallest absolute Gasteiger partial charge is 0.347 e. The molecule has 4 aromatic carbocycles. The van der Waals surface area contributed by atoms with Gasteiger partial charge in [0, 0.05) is 46.9 Å². The number of hydrogen-bond acceptors (Lipinski definition) is 14. The lowest BCUT2D eigenvalue weighted by Crippen LogP contribution is -2.46. The fourth-order valence-electron chi connectivity index (χ4n) is 11.9. The number of fused-ring (bicyclic) bond motifs is 2. The van der Waals surface area contributed by atoms with Crippen molar-refractivity contribution in [3.63, 3.8) is 0 Å². The van der Waals surface area contributed by atoms with Crippen LogP contribution in [-0.4, -0.2) is 72.3 Å². The summed E-state index contributed by atoms with van der Waals surface area (Å²) in [6.45, 7) is 23.8. The molecule has 0 radical (unpaired) electrons. The SMILES string of the molecule is CC[C@H](C)CC(CC)(CC(CC)(CC)OCCC(CC)(CC)OC(=O)COc1ccc2cc(C(=O)c3ccccc3)c(=O)oc2c1)CC(CC)(CC)OCCC(CC)(CC)OC(=O)COc1ccc2cc(C(=O)c3ccccc3)c(=O)oc2c1. The second-order valence-electron chi connectivity index (χ2n) is 22.9. The minimum absolute atomic E-state index is 0.0695. The summed E-state index contributed by atoms with van der Waals surface area (Å²) in [5.41, 5.74) is -3.08. The van der Waals surface area contributed by atoms with E-state index in [1.165, 1.54) is 24.3 Å². The van der Waals surface area contributed by atoms with Gasteiger partial charge in [0.1, 0.15) is 45.0 Å². The van der Waals surface area contributed by atoms with E-state index in [0.717, 1.165) is 57.8 Å². The molecule has 0 N–H and O–H groups in total. The molecule has 0 aliphatic heterocycles. The molecular weight excluding hydrogens is 1060 g/mol. The molecule has 0 fully saturated rings. The third-order valence-corrected chi connectivity index (χ3v) is 18.1. The Labute approximate surface area is 496 Å². The van der Waals surface area contributed by atoms with Crippen molar-refractivity contribution >= 4 is 45.4 Å². The van der Waals surface area contributed by atoms with Gasteiger partial charge < -0.3 is 37.3 Å². The van der Waals surface area contributed by atoms with Gasteiger partial charge >= 0.3 is 23.2 Å². The van der Waals surface area contributed by atoms with E-state index in [1.54, 1.807) is 84.9 Å². The highest BCUT2D eigenvalue weighted by molar-refractivity contribution is 6.10. The molecule has 14 heteroatoms. The number of esters is 2. The molecule has 14 nitrogen and oxygen atoms in total. The van der Waals surface area contributed by atoms with Crippen molar-refractivity contribution in [1.82, 2.24) is 0 Å². The standard InChI is InChI=1S/C70H90O14/c1-12-49(11)44-66(13-2,47-69(18-7,19-8)79-38-36-67(14-3,15-4)83-60(71)45-77-54-34-32-52-40-56(64(75)81-58(52)42-54)62(73)50-28-24-22-25-29-50)48-70(20-9,21-10)80-39-37-68(16-5,17-6)84-61(72)46-78-55-35-33-53-41-57(65(76)82-59(53)43-55)63(74)51-30-26-23-27-31-51/h22-35,40-43,49H,12-21,36-39,44-48H2,1-11H3/t49-/m0/s1. The van der Waals surface area contributed by atoms with Gasteiger partial charge in [-0.3, -0.25) is 9.59 Å². The van der Waals surface area contributed by atoms with E-state index >= 15 is 0 Å². The number of ether oxygens (including phenoxy) is 6. The molecule has 0 saturated carbocycles. The molecule has 0 amide bonds. The van der Waals surface area contributed by atoms with E-state index in [-0.39, 0.29) is 40.9 Å². The molecule has 6 aromatic rings. The van der Waals surface area contributed by atoms with E-state index in [2.05, 4.69) is 48.5 Å².